The first-order valence-electron chi connectivity index (χ1n) is 9.93. The molecule has 1 heterocycles. The SMILES string of the molecule is COc1ccc2c(c1)c(OC(=O)c1c(Cl)cccc1Cl)nn2Cc1cccc(NC(C)=O)c1. The smallest absolute Gasteiger partial charge is 0.347 e. The third-order valence-electron chi connectivity index (χ3n) is 4.86. The van der Waals surface area contributed by atoms with Crippen molar-refractivity contribution < 1.29 is 19.1 Å². The van der Waals surface area contributed by atoms with Gasteiger partial charge in [0, 0.05) is 12.6 Å². The fraction of sp³-hybridized carbons (Fsp3) is 0.125. The van der Waals surface area contributed by atoms with Crippen molar-refractivity contribution in [3.8, 4) is 11.6 Å². The molecule has 9 heteroatoms. The fourth-order valence-electron chi connectivity index (χ4n) is 3.41. The summed E-state index contributed by atoms with van der Waals surface area (Å²) in [5, 5.41) is 8.24. The maximum atomic E-state index is 12.9. The zero-order valence-electron chi connectivity index (χ0n) is 17.8. The summed E-state index contributed by atoms with van der Waals surface area (Å²) in [6.07, 6.45) is 0. The number of nitrogens with one attached hydrogen (secondary N) is 1. The lowest BCUT2D eigenvalue weighted by Crippen LogP contribution is -2.11. The number of hydrogen-bond acceptors (Lipinski definition) is 5. The summed E-state index contributed by atoms with van der Waals surface area (Å²) in [6, 6.07) is 17.5. The lowest BCUT2D eigenvalue weighted by atomic mass is 10.2. The monoisotopic (exact) mass is 483 g/mol. The van der Waals surface area contributed by atoms with E-state index in [1.807, 2.05) is 24.3 Å². The van der Waals surface area contributed by atoms with E-state index < -0.39 is 5.97 Å². The Labute approximate surface area is 199 Å². The summed E-state index contributed by atoms with van der Waals surface area (Å²) in [6.45, 7) is 1.83. The van der Waals surface area contributed by atoms with Gasteiger partial charge in [-0.1, -0.05) is 41.4 Å². The predicted octanol–water partition coefficient (Wildman–Crippen LogP) is 5.58. The van der Waals surface area contributed by atoms with E-state index in [4.69, 9.17) is 32.7 Å². The Hall–Kier alpha value is -3.55. The summed E-state index contributed by atoms with van der Waals surface area (Å²) in [7, 11) is 1.55. The van der Waals surface area contributed by atoms with Crippen molar-refractivity contribution in [3.05, 3.63) is 81.8 Å². The fourth-order valence-corrected chi connectivity index (χ4v) is 3.96. The number of methoxy groups -OCH3 is 1. The van der Waals surface area contributed by atoms with Crippen molar-refractivity contribution >= 4 is 51.7 Å². The van der Waals surface area contributed by atoms with Crippen LogP contribution in [0.2, 0.25) is 10.0 Å². The van der Waals surface area contributed by atoms with Crippen molar-refractivity contribution in [1.29, 1.82) is 0 Å². The quantitative estimate of drug-likeness (QED) is 0.362. The number of halogens is 2. The summed E-state index contributed by atoms with van der Waals surface area (Å²) >= 11 is 12.3. The van der Waals surface area contributed by atoms with Gasteiger partial charge in [0.1, 0.15) is 5.75 Å². The van der Waals surface area contributed by atoms with E-state index in [1.165, 1.54) is 6.92 Å². The van der Waals surface area contributed by atoms with Gasteiger partial charge in [-0.25, -0.2) is 4.79 Å². The number of benzene rings is 3. The van der Waals surface area contributed by atoms with E-state index in [1.54, 1.807) is 48.2 Å². The Morgan fingerprint density at radius 2 is 1.76 bits per heavy atom. The first-order chi connectivity index (χ1) is 15.9. The van der Waals surface area contributed by atoms with E-state index in [-0.39, 0.29) is 27.4 Å². The number of carbonyl (C=O) groups is 2. The molecule has 168 valence electrons. The third kappa shape index (κ3) is 4.94. The van der Waals surface area contributed by atoms with Gasteiger partial charge in [-0.15, -0.1) is 5.10 Å². The zero-order chi connectivity index (χ0) is 23.5. The van der Waals surface area contributed by atoms with Gasteiger partial charge in [0.05, 0.1) is 40.2 Å². The van der Waals surface area contributed by atoms with Crippen LogP contribution in [0, 0.1) is 0 Å². The van der Waals surface area contributed by atoms with Crippen LogP contribution in [0.5, 0.6) is 11.6 Å². The summed E-state index contributed by atoms with van der Waals surface area (Å²) < 4.78 is 12.6. The number of carbonyl (C=O) groups excluding carboxylic acids is 2. The van der Waals surface area contributed by atoms with Gasteiger partial charge < -0.3 is 14.8 Å². The molecule has 1 aromatic heterocycles. The third-order valence-corrected chi connectivity index (χ3v) is 5.49. The molecule has 4 aromatic rings. The maximum Gasteiger partial charge on any atom is 0.347 e. The molecule has 0 aliphatic heterocycles. The lowest BCUT2D eigenvalue weighted by molar-refractivity contribution is -0.114. The number of ether oxygens (including phenoxy) is 2. The molecule has 0 saturated heterocycles. The van der Waals surface area contributed by atoms with E-state index in [9.17, 15) is 9.59 Å². The largest absolute Gasteiger partial charge is 0.497 e. The highest BCUT2D eigenvalue weighted by Crippen LogP contribution is 2.32. The maximum absolute atomic E-state index is 12.9. The number of amides is 1. The minimum absolute atomic E-state index is 0.0643. The van der Waals surface area contributed by atoms with Crippen LogP contribution in [-0.4, -0.2) is 28.8 Å². The van der Waals surface area contributed by atoms with Crippen LogP contribution in [0.3, 0.4) is 0 Å². The van der Waals surface area contributed by atoms with Crippen LogP contribution < -0.4 is 14.8 Å². The topological polar surface area (TPSA) is 82.4 Å². The molecular weight excluding hydrogens is 465 g/mol. The minimum Gasteiger partial charge on any atom is -0.497 e. The van der Waals surface area contributed by atoms with E-state index >= 15 is 0 Å². The average molecular weight is 484 g/mol. The van der Waals surface area contributed by atoms with Crippen LogP contribution in [0.25, 0.3) is 10.9 Å². The molecule has 1 N–H and O–H groups in total. The van der Waals surface area contributed by atoms with E-state index in [0.29, 0.717) is 23.4 Å². The van der Waals surface area contributed by atoms with Crippen LogP contribution in [0.1, 0.15) is 22.8 Å². The van der Waals surface area contributed by atoms with Crippen LogP contribution in [0.15, 0.2) is 60.7 Å². The highest BCUT2D eigenvalue weighted by atomic mass is 35.5. The number of hydrogen-bond donors (Lipinski definition) is 1. The Morgan fingerprint density at radius 1 is 1.03 bits per heavy atom. The molecule has 0 fully saturated rings. The molecule has 7 nitrogen and oxygen atoms in total. The molecule has 0 radical (unpaired) electrons. The van der Waals surface area contributed by atoms with Crippen molar-refractivity contribution in [1.82, 2.24) is 9.78 Å². The Morgan fingerprint density at radius 3 is 2.45 bits per heavy atom. The molecule has 0 unspecified atom stereocenters. The molecule has 3 aromatic carbocycles. The number of nitrogens with zero attached hydrogens (tertiary/aromatic N) is 2. The van der Waals surface area contributed by atoms with Gasteiger partial charge in [0.15, 0.2) is 0 Å². The molecule has 33 heavy (non-hydrogen) atoms. The molecule has 4 rings (SSSR count). The molecule has 0 atom stereocenters. The van der Waals surface area contributed by atoms with E-state index in [0.717, 1.165) is 11.1 Å². The van der Waals surface area contributed by atoms with E-state index in [2.05, 4.69) is 10.4 Å². The second kappa shape index (κ2) is 9.52. The van der Waals surface area contributed by atoms with Crippen LogP contribution in [-0.2, 0) is 11.3 Å². The van der Waals surface area contributed by atoms with Crippen LogP contribution >= 0.6 is 23.2 Å². The number of anilines is 1. The lowest BCUT2D eigenvalue weighted by Gasteiger charge is -2.07. The second-order valence-corrected chi connectivity index (χ2v) is 8.03. The van der Waals surface area contributed by atoms with Crippen molar-refractivity contribution in [2.45, 2.75) is 13.5 Å². The molecule has 0 saturated carbocycles. The molecule has 1 amide bonds. The zero-order valence-corrected chi connectivity index (χ0v) is 19.3. The molecule has 0 spiro atoms. The van der Waals surface area contributed by atoms with Gasteiger partial charge >= 0.3 is 5.97 Å². The number of esters is 1. The molecule has 0 bridgehead atoms. The van der Waals surface area contributed by atoms with Gasteiger partial charge in [-0.05, 0) is 48.0 Å². The molecule has 0 aliphatic rings. The highest BCUT2D eigenvalue weighted by Gasteiger charge is 2.21. The first kappa shape index (κ1) is 22.6. The Kier molecular flexibility index (Phi) is 6.53. The average Bonchev–Trinajstić information content (AvgIpc) is 3.09. The van der Waals surface area contributed by atoms with Crippen molar-refractivity contribution in [2.75, 3.05) is 12.4 Å². The highest BCUT2D eigenvalue weighted by molar-refractivity contribution is 6.39. The van der Waals surface area contributed by atoms with Crippen molar-refractivity contribution in [2.24, 2.45) is 0 Å². The van der Waals surface area contributed by atoms with Crippen molar-refractivity contribution in [3.63, 3.8) is 0 Å². The standard InChI is InChI=1S/C24H19Cl2N3O4/c1-14(30)27-16-6-3-5-15(11-16)13-29-21-10-9-17(32-2)12-18(21)23(28-29)33-24(31)22-19(25)7-4-8-20(22)26/h3-12H,13H2,1-2H3,(H,27,30). The number of aromatic nitrogens is 2. The van der Waals surface area contributed by atoms with Crippen LogP contribution in [0.4, 0.5) is 5.69 Å². The predicted molar refractivity (Wildman–Crippen MR) is 128 cm³/mol. The summed E-state index contributed by atoms with van der Waals surface area (Å²) in [5.74, 6) is -0.186. The Bertz CT molecular complexity index is 1350. The Balaban J connectivity index is 1.72. The first-order valence-corrected chi connectivity index (χ1v) is 10.7. The number of rotatable bonds is 6. The van der Waals surface area contributed by atoms with Gasteiger partial charge in [-0.2, -0.15) is 0 Å². The summed E-state index contributed by atoms with van der Waals surface area (Å²) in [5.41, 5.74) is 2.37. The second-order valence-electron chi connectivity index (χ2n) is 7.21. The van der Waals surface area contributed by atoms with Gasteiger partial charge in [0.2, 0.25) is 11.8 Å². The summed E-state index contributed by atoms with van der Waals surface area (Å²) in [4.78, 5) is 24.2. The van der Waals surface area contributed by atoms with Gasteiger partial charge in [0.25, 0.3) is 0 Å². The van der Waals surface area contributed by atoms with Gasteiger partial charge in [-0.3, -0.25) is 9.48 Å². The number of fused-ring (bicyclic) bond motifs is 1. The minimum atomic E-state index is -0.715. The molecular formula is C24H19Cl2N3O4. The molecule has 0 aliphatic carbocycles. The normalized spacial score (nSPS) is 10.8.